The fourth-order valence-electron chi connectivity index (χ4n) is 1.65. The van der Waals surface area contributed by atoms with Crippen LogP contribution in [0.3, 0.4) is 0 Å². The number of aliphatic hydroxyl groups is 1. The molecular formula is C12H18BrNO2. The number of aliphatic hydroxyl groups excluding tert-OH is 1. The van der Waals surface area contributed by atoms with E-state index in [1.165, 1.54) is 0 Å². The molecule has 0 atom stereocenters. The van der Waals surface area contributed by atoms with E-state index in [0.29, 0.717) is 0 Å². The number of aromatic nitrogens is 1. The van der Waals surface area contributed by atoms with Crippen molar-refractivity contribution < 1.29 is 5.11 Å². The molecule has 0 amide bonds. The monoisotopic (exact) mass is 287 g/mol. The fourth-order valence-corrected chi connectivity index (χ4v) is 2.24. The zero-order valence-electron chi connectivity index (χ0n) is 9.58. The molecule has 0 aliphatic carbocycles. The second-order valence-corrected chi connectivity index (χ2v) is 4.89. The van der Waals surface area contributed by atoms with E-state index in [4.69, 9.17) is 5.11 Å². The van der Waals surface area contributed by atoms with Gasteiger partial charge in [0.25, 0.3) is 5.56 Å². The van der Waals surface area contributed by atoms with Gasteiger partial charge in [0.05, 0.1) is 0 Å². The Labute approximate surface area is 104 Å². The van der Waals surface area contributed by atoms with E-state index in [-0.39, 0.29) is 12.2 Å². The standard InChI is InChI=1S/C12H18BrNO2/c1-10-8-11(13)9-14(12(10)16)6-4-2-3-5-7-15/h8-9,15H,2-7H2,1H3. The molecule has 16 heavy (non-hydrogen) atoms. The van der Waals surface area contributed by atoms with Gasteiger partial charge in [-0.3, -0.25) is 4.79 Å². The molecule has 1 aromatic heterocycles. The number of halogens is 1. The Morgan fingerprint density at radius 2 is 2.00 bits per heavy atom. The molecular weight excluding hydrogens is 270 g/mol. The first-order valence-electron chi connectivity index (χ1n) is 5.62. The molecule has 0 saturated carbocycles. The zero-order valence-corrected chi connectivity index (χ0v) is 11.2. The van der Waals surface area contributed by atoms with Crippen LogP contribution >= 0.6 is 15.9 Å². The maximum Gasteiger partial charge on any atom is 0.253 e. The Morgan fingerprint density at radius 3 is 2.69 bits per heavy atom. The molecule has 0 aromatic carbocycles. The largest absolute Gasteiger partial charge is 0.396 e. The number of nitrogens with zero attached hydrogens (tertiary/aromatic N) is 1. The summed E-state index contributed by atoms with van der Waals surface area (Å²) in [6.07, 6.45) is 5.75. The van der Waals surface area contributed by atoms with Crippen molar-refractivity contribution in [1.82, 2.24) is 4.57 Å². The molecule has 0 radical (unpaired) electrons. The summed E-state index contributed by atoms with van der Waals surface area (Å²) in [6, 6.07) is 1.84. The van der Waals surface area contributed by atoms with Crippen LogP contribution in [0, 0.1) is 6.92 Å². The van der Waals surface area contributed by atoms with Crippen LogP contribution in [0.15, 0.2) is 21.5 Å². The SMILES string of the molecule is Cc1cc(Br)cn(CCCCCCO)c1=O. The molecule has 1 heterocycles. The van der Waals surface area contributed by atoms with Crippen LogP contribution in [0.5, 0.6) is 0 Å². The summed E-state index contributed by atoms with van der Waals surface area (Å²) in [5.41, 5.74) is 0.857. The Hall–Kier alpha value is -0.610. The first-order chi connectivity index (χ1) is 7.65. The molecule has 0 aliphatic heterocycles. The van der Waals surface area contributed by atoms with Crippen molar-refractivity contribution in [2.24, 2.45) is 0 Å². The van der Waals surface area contributed by atoms with Crippen LogP contribution in [0.4, 0.5) is 0 Å². The molecule has 0 bridgehead atoms. The van der Waals surface area contributed by atoms with Gasteiger partial charge in [0, 0.05) is 29.4 Å². The quantitative estimate of drug-likeness (QED) is 0.817. The van der Waals surface area contributed by atoms with Crippen LogP contribution in [-0.2, 0) is 6.54 Å². The van der Waals surface area contributed by atoms with E-state index in [1.54, 1.807) is 4.57 Å². The summed E-state index contributed by atoms with van der Waals surface area (Å²) in [4.78, 5) is 11.7. The van der Waals surface area contributed by atoms with Crippen molar-refractivity contribution in [2.75, 3.05) is 6.61 Å². The molecule has 1 rings (SSSR count). The van der Waals surface area contributed by atoms with Crippen molar-refractivity contribution in [3.63, 3.8) is 0 Å². The lowest BCUT2D eigenvalue weighted by molar-refractivity contribution is 0.282. The van der Waals surface area contributed by atoms with Crippen LogP contribution < -0.4 is 5.56 Å². The number of aryl methyl sites for hydroxylation is 2. The first-order valence-corrected chi connectivity index (χ1v) is 6.42. The molecule has 4 heteroatoms. The van der Waals surface area contributed by atoms with E-state index in [9.17, 15) is 4.79 Å². The van der Waals surface area contributed by atoms with Gasteiger partial charge >= 0.3 is 0 Å². The van der Waals surface area contributed by atoms with Crippen molar-refractivity contribution >= 4 is 15.9 Å². The first kappa shape index (κ1) is 13.5. The van der Waals surface area contributed by atoms with Crippen molar-refractivity contribution in [2.45, 2.75) is 39.2 Å². The van der Waals surface area contributed by atoms with Crippen LogP contribution in [0.2, 0.25) is 0 Å². The van der Waals surface area contributed by atoms with Crippen molar-refractivity contribution in [3.05, 3.63) is 32.7 Å². The highest BCUT2D eigenvalue weighted by molar-refractivity contribution is 9.10. The number of hydrogen-bond donors (Lipinski definition) is 1. The highest BCUT2D eigenvalue weighted by Crippen LogP contribution is 2.09. The van der Waals surface area contributed by atoms with Gasteiger partial charge in [0.1, 0.15) is 0 Å². The zero-order chi connectivity index (χ0) is 12.0. The predicted octanol–water partition coefficient (Wildman–Crippen LogP) is 2.47. The van der Waals surface area contributed by atoms with Gasteiger partial charge in [-0.2, -0.15) is 0 Å². The lowest BCUT2D eigenvalue weighted by Gasteiger charge is -2.07. The Balaban J connectivity index is 2.51. The van der Waals surface area contributed by atoms with E-state index in [1.807, 2.05) is 19.2 Å². The van der Waals surface area contributed by atoms with Gasteiger partial charge in [0.15, 0.2) is 0 Å². The van der Waals surface area contributed by atoms with E-state index < -0.39 is 0 Å². The summed E-state index contributed by atoms with van der Waals surface area (Å²) in [5.74, 6) is 0. The minimum absolute atomic E-state index is 0.0883. The topological polar surface area (TPSA) is 42.2 Å². The highest BCUT2D eigenvalue weighted by Gasteiger charge is 2.01. The normalized spacial score (nSPS) is 10.7. The third-order valence-electron chi connectivity index (χ3n) is 2.54. The van der Waals surface area contributed by atoms with Crippen molar-refractivity contribution in [1.29, 1.82) is 0 Å². The molecule has 1 N–H and O–H groups in total. The average molecular weight is 288 g/mol. The van der Waals surface area contributed by atoms with E-state index in [0.717, 1.165) is 42.3 Å². The van der Waals surface area contributed by atoms with Gasteiger partial charge in [-0.15, -0.1) is 0 Å². The summed E-state index contributed by atoms with van der Waals surface area (Å²) in [7, 11) is 0. The number of rotatable bonds is 6. The van der Waals surface area contributed by atoms with Gasteiger partial charge in [-0.25, -0.2) is 0 Å². The lowest BCUT2D eigenvalue weighted by Crippen LogP contribution is -2.21. The number of hydrogen-bond acceptors (Lipinski definition) is 2. The van der Waals surface area contributed by atoms with E-state index in [2.05, 4.69) is 15.9 Å². The molecule has 1 aromatic rings. The van der Waals surface area contributed by atoms with Crippen LogP contribution in [0.1, 0.15) is 31.2 Å². The second kappa shape index (κ2) is 6.86. The second-order valence-electron chi connectivity index (χ2n) is 3.98. The molecule has 0 spiro atoms. The third kappa shape index (κ3) is 4.10. The Bertz CT molecular complexity index is 387. The van der Waals surface area contributed by atoms with Gasteiger partial charge in [-0.1, -0.05) is 12.8 Å². The highest BCUT2D eigenvalue weighted by atomic mass is 79.9. The molecule has 0 fully saturated rings. The Morgan fingerprint density at radius 1 is 1.31 bits per heavy atom. The van der Waals surface area contributed by atoms with Gasteiger partial charge < -0.3 is 9.67 Å². The summed E-state index contributed by atoms with van der Waals surface area (Å²) >= 11 is 3.39. The molecule has 0 saturated heterocycles. The Kier molecular flexibility index (Phi) is 5.77. The maximum absolute atomic E-state index is 11.7. The van der Waals surface area contributed by atoms with Crippen molar-refractivity contribution in [3.8, 4) is 0 Å². The number of unbranched alkanes of at least 4 members (excludes halogenated alkanes) is 3. The van der Waals surface area contributed by atoms with Crippen LogP contribution in [-0.4, -0.2) is 16.3 Å². The molecule has 3 nitrogen and oxygen atoms in total. The average Bonchev–Trinajstić information content (AvgIpc) is 2.24. The van der Waals surface area contributed by atoms with Gasteiger partial charge in [0.2, 0.25) is 0 Å². The number of pyridine rings is 1. The summed E-state index contributed by atoms with van der Waals surface area (Å²) in [5, 5.41) is 8.64. The molecule has 0 aliphatic rings. The smallest absolute Gasteiger partial charge is 0.253 e. The van der Waals surface area contributed by atoms with E-state index >= 15 is 0 Å². The van der Waals surface area contributed by atoms with Crippen LogP contribution in [0.25, 0.3) is 0 Å². The summed E-state index contributed by atoms with van der Waals surface area (Å²) in [6.45, 7) is 2.84. The lowest BCUT2D eigenvalue weighted by atomic mass is 10.2. The predicted molar refractivity (Wildman–Crippen MR) is 68.7 cm³/mol. The molecule has 0 unspecified atom stereocenters. The summed E-state index contributed by atoms with van der Waals surface area (Å²) < 4.78 is 2.69. The third-order valence-corrected chi connectivity index (χ3v) is 2.97. The van der Waals surface area contributed by atoms with Gasteiger partial charge in [-0.05, 0) is 41.8 Å². The molecule has 90 valence electrons. The minimum atomic E-state index is 0.0883. The fraction of sp³-hybridized carbons (Fsp3) is 0.583. The minimum Gasteiger partial charge on any atom is -0.396 e. The maximum atomic E-state index is 11.7.